The summed E-state index contributed by atoms with van der Waals surface area (Å²) in [6.45, 7) is 7.47. The highest BCUT2D eigenvalue weighted by Gasteiger charge is 2.47. The van der Waals surface area contributed by atoms with Crippen LogP contribution < -0.4 is 5.32 Å². The van der Waals surface area contributed by atoms with Gasteiger partial charge >= 0.3 is 5.97 Å². The molecule has 0 spiro atoms. The lowest BCUT2D eigenvalue weighted by Crippen LogP contribution is -2.51. The van der Waals surface area contributed by atoms with E-state index in [2.05, 4.69) is 24.1 Å². The number of carboxylic acids is 1. The maximum absolute atomic E-state index is 11.6. The highest BCUT2D eigenvalue weighted by atomic mass is 16.4. The highest BCUT2D eigenvalue weighted by molar-refractivity contribution is 5.79. The monoisotopic (exact) mass is 268 g/mol. The van der Waals surface area contributed by atoms with Crippen molar-refractivity contribution >= 4 is 5.97 Å². The summed E-state index contributed by atoms with van der Waals surface area (Å²) in [7, 11) is 0. The number of hydrogen-bond donors (Lipinski definition) is 2. The normalized spacial score (nSPS) is 35.9. The van der Waals surface area contributed by atoms with Crippen LogP contribution in [0.5, 0.6) is 0 Å². The molecule has 19 heavy (non-hydrogen) atoms. The first-order chi connectivity index (χ1) is 9.11. The van der Waals surface area contributed by atoms with Gasteiger partial charge in [-0.25, -0.2) is 0 Å². The molecule has 4 heteroatoms. The SMILES string of the molecule is CCCNC1(C(=O)O)CCC(N2CCC(CC)C2)C1. The fraction of sp³-hybridized carbons (Fsp3) is 0.933. The Balaban J connectivity index is 1.95. The van der Waals surface area contributed by atoms with E-state index < -0.39 is 11.5 Å². The van der Waals surface area contributed by atoms with Gasteiger partial charge in [-0.1, -0.05) is 20.3 Å². The van der Waals surface area contributed by atoms with Gasteiger partial charge in [0.15, 0.2) is 0 Å². The van der Waals surface area contributed by atoms with E-state index in [9.17, 15) is 9.90 Å². The molecule has 0 bridgehead atoms. The van der Waals surface area contributed by atoms with Gasteiger partial charge in [-0.05, 0) is 51.1 Å². The summed E-state index contributed by atoms with van der Waals surface area (Å²) in [6.07, 6.45) is 6.11. The van der Waals surface area contributed by atoms with Gasteiger partial charge in [0, 0.05) is 12.6 Å². The fourth-order valence-corrected chi connectivity index (χ4v) is 3.65. The largest absolute Gasteiger partial charge is 0.480 e. The van der Waals surface area contributed by atoms with Crippen LogP contribution in [0.15, 0.2) is 0 Å². The van der Waals surface area contributed by atoms with Crippen molar-refractivity contribution in [1.82, 2.24) is 10.2 Å². The Morgan fingerprint density at radius 3 is 2.79 bits per heavy atom. The lowest BCUT2D eigenvalue weighted by Gasteiger charge is -2.28. The zero-order valence-electron chi connectivity index (χ0n) is 12.3. The van der Waals surface area contributed by atoms with Gasteiger partial charge in [0.25, 0.3) is 0 Å². The third-order valence-electron chi connectivity index (χ3n) is 5.02. The van der Waals surface area contributed by atoms with Crippen LogP contribution in [0.4, 0.5) is 0 Å². The predicted octanol–water partition coefficient (Wildman–Crippen LogP) is 2.09. The van der Waals surface area contributed by atoms with Crippen LogP contribution in [-0.2, 0) is 4.79 Å². The number of likely N-dealkylation sites (tertiary alicyclic amines) is 1. The van der Waals surface area contributed by atoms with Crippen molar-refractivity contribution in [3.8, 4) is 0 Å². The number of aliphatic carboxylic acids is 1. The number of hydrogen-bond acceptors (Lipinski definition) is 3. The second-order valence-electron chi connectivity index (χ2n) is 6.27. The molecule has 1 saturated heterocycles. The Kier molecular flexibility index (Phi) is 4.85. The third kappa shape index (κ3) is 3.11. The Labute approximate surface area is 116 Å². The van der Waals surface area contributed by atoms with E-state index in [-0.39, 0.29) is 0 Å². The van der Waals surface area contributed by atoms with Gasteiger partial charge in [-0.15, -0.1) is 0 Å². The van der Waals surface area contributed by atoms with Crippen LogP contribution in [0.25, 0.3) is 0 Å². The van der Waals surface area contributed by atoms with E-state index in [0.717, 1.165) is 44.7 Å². The van der Waals surface area contributed by atoms with Gasteiger partial charge in [0.1, 0.15) is 5.54 Å². The van der Waals surface area contributed by atoms with Crippen molar-refractivity contribution in [2.75, 3.05) is 19.6 Å². The first-order valence-corrected chi connectivity index (χ1v) is 7.83. The lowest BCUT2D eigenvalue weighted by atomic mass is 9.97. The van der Waals surface area contributed by atoms with E-state index in [1.807, 2.05) is 0 Å². The number of nitrogens with zero attached hydrogens (tertiary/aromatic N) is 1. The van der Waals surface area contributed by atoms with Crippen molar-refractivity contribution in [3.63, 3.8) is 0 Å². The minimum atomic E-state index is -0.662. The summed E-state index contributed by atoms with van der Waals surface area (Å²) < 4.78 is 0. The molecule has 0 amide bonds. The third-order valence-corrected chi connectivity index (χ3v) is 5.02. The summed E-state index contributed by atoms with van der Waals surface area (Å²) >= 11 is 0. The van der Waals surface area contributed by atoms with Gasteiger partial charge in [0.05, 0.1) is 0 Å². The van der Waals surface area contributed by atoms with E-state index in [0.29, 0.717) is 6.04 Å². The molecule has 0 aromatic heterocycles. The second kappa shape index (κ2) is 6.23. The molecule has 110 valence electrons. The Morgan fingerprint density at radius 2 is 2.21 bits per heavy atom. The van der Waals surface area contributed by atoms with Crippen LogP contribution in [-0.4, -0.2) is 47.2 Å². The maximum Gasteiger partial charge on any atom is 0.323 e. The molecule has 2 aliphatic rings. The molecule has 2 fully saturated rings. The van der Waals surface area contributed by atoms with Crippen LogP contribution in [0.2, 0.25) is 0 Å². The average Bonchev–Trinajstić information content (AvgIpc) is 3.03. The zero-order chi connectivity index (χ0) is 13.9. The molecule has 0 aromatic rings. The first-order valence-electron chi connectivity index (χ1n) is 7.83. The van der Waals surface area contributed by atoms with E-state index >= 15 is 0 Å². The average molecular weight is 268 g/mol. The molecular weight excluding hydrogens is 240 g/mol. The lowest BCUT2D eigenvalue weighted by molar-refractivity contribution is -0.144. The smallest absolute Gasteiger partial charge is 0.323 e. The second-order valence-corrected chi connectivity index (χ2v) is 6.27. The number of rotatable bonds is 6. The minimum absolute atomic E-state index is 0.469. The van der Waals surface area contributed by atoms with Crippen LogP contribution in [0, 0.1) is 5.92 Å². The maximum atomic E-state index is 11.6. The zero-order valence-corrected chi connectivity index (χ0v) is 12.3. The first kappa shape index (κ1) is 14.8. The molecule has 1 saturated carbocycles. The molecule has 1 aliphatic carbocycles. The standard InChI is InChI=1S/C15H28N2O2/c1-3-8-16-15(14(18)19)7-5-13(10-15)17-9-6-12(4-2)11-17/h12-13,16H,3-11H2,1-2H3,(H,18,19). The molecule has 0 radical (unpaired) electrons. The summed E-state index contributed by atoms with van der Waals surface area (Å²) in [5.41, 5.74) is -0.662. The number of nitrogens with one attached hydrogen (secondary N) is 1. The highest BCUT2D eigenvalue weighted by Crippen LogP contribution is 2.36. The Morgan fingerprint density at radius 1 is 1.42 bits per heavy atom. The van der Waals surface area contributed by atoms with Gasteiger partial charge in [-0.2, -0.15) is 0 Å². The molecular formula is C15H28N2O2. The summed E-state index contributed by atoms with van der Waals surface area (Å²) in [6, 6.07) is 0.469. The molecule has 1 heterocycles. The summed E-state index contributed by atoms with van der Waals surface area (Å²) in [4.78, 5) is 14.2. The van der Waals surface area contributed by atoms with E-state index in [1.165, 1.54) is 19.4 Å². The van der Waals surface area contributed by atoms with Crippen LogP contribution >= 0.6 is 0 Å². The van der Waals surface area contributed by atoms with Crippen molar-refractivity contribution in [3.05, 3.63) is 0 Å². The van der Waals surface area contributed by atoms with Gasteiger partial charge < -0.3 is 15.3 Å². The van der Waals surface area contributed by atoms with Crippen LogP contribution in [0.3, 0.4) is 0 Å². The fourth-order valence-electron chi connectivity index (χ4n) is 3.65. The molecule has 3 atom stereocenters. The molecule has 1 aliphatic heterocycles. The van der Waals surface area contributed by atoms with Gasteiger partial charge in [0.2, 0.25) is 0 Å². The molecule has 2 N–H and O–H groups in total. The molecule has 4 nitrogen and oxygen atoms in total. The van der Waals surface area contributed by atoms with Crippen molar-refractivity contribution < 1.29 is 9.90 Å². The van der Waals surface area contributed by atoms with Crippen molar-refractivity contribution in [1.29, 1.82) is 0 Å². The minimum Gasteiger partial charge on any atom is -0.480 e. The van der Waals surface area contributed by atoms with Gasteiger partial charge in [-0.3, -0.25) is 4.79 Å². The topological polar surface area (TPSA) is 52.6 Å². The number of carbonyl (C=O) groups is 1. The summed E-state index contributed by atoms with van der Waals surface area (Å²) in [5, 5.41) is 12.9. The van der Waals surface area contributed by atoms with E-state index in [1.54, 1.807) is 0 Å². The molecule has 3 unspecified atom stereocenters. The summed E-state index contributed by atoms with van der Waals surface area (Å²) in [5.74, 6) is 0.165. The van der Waals surface area contributed by atoms with Crippen molar-refractivity contribution in [2.24, 2.45) is 5.92 Å². The van der Waals surface area contributed by atoms with E-state index in [4.69, 9.17) is 0 Å². The van der Waals surface area contributed by atoms with Crippen LogP contribution in [0.1, 0.15) is 52.4 Å². The van der Waals surface area contributed by atoms with Crippen molar-refractivity contribution in [2.45, 2.75) is 64.0 Å². The quantitative estimate of drug-likeness (QED) is 0.774. The Bertz CT molecular complexity index is 321. The predicted molar refractivity (Wildman–Crippen MR) is 76.3 cm³/mol. The number of carboxylic acid groups (broad SMARTS) is 1. The molecule has 2 rings (SSSR count). The Hall–Kier alpha value is -0.610. The molecule has 0 aromatic carbocycles.